The molecule has 8 heteroatoms. The fourth-order valence-electron chi connectivity index (χ4n) is 3.18. The molecule has 1 aromatic heterocycles. The van der Waals surface area contributed by atoms with Crippen LogP contribution < -0.4 is 10.1 Å². The zero-order valence-corrected chi connectivity index (χ0v) is 15.9. The van der Waals surface area contributed by atoms with Gasteiger partial charge in [0, 0.05) is 37.5 Å². The fraction of sp³-hybridized carbons (Fsp3) is 0.500. The van der Waals surface area contributed by atoms with E-state index in [1.165, 1.54) is 0 Å². The second kappa shape index (κ2) is 9.54. The van der Waals surface area contributed by atoms with Gasteiger partial charge >= 0.3 is 0 Å². The normalized spacial score (nSPS) is 16.4. The van der Waals surface area contributed by atoms with Crippen molar-refractivity contribution in [3.63, 3.8) is 0 Å². The van der Waals surface area contributed by atoms with Gasteiger partial charge in [0.15, 0.2) is 0 Å². The minimum Gasteiger partial charge on any atom is -0.497 e. The maximum Gasteiger partial charge on any atom is 0.227 e. The first-order valence-corrected chi connectivity index (χ1v) is 8.62. The number of methoxy groups -OCH3 is 1. The van der Waals surface area contributed by atoms with Crippen LogP contribution in [0.3, 0.4) is 0 Å². The number of benzene rings is 1. The summed E-state index contributed by atoms with van der Waals surface area (Å²) in [5.74, 6) is 1.95. The summed E-state index contributed by atoms with van der Waals surface area (Å²) in [4.78, 5) is 18.8. The summed E-state index contributed by atoms with van der Waals surface area (Å²) < 4.78 is 10.4. The number of aryl methyl sites for hydroxylation is 1. The van der Waals surface area contributed by atoms with Gasteiger partial charge in [-0.25, -0.2) is 0 Å². The summed E-state index contributed by atoms with van der Waals surface area (Å²) in [5, 5.41) is 7.15. The molecule has 1 fully saturated rings. The maximum atomic E-state index is 12.4. The molecule has 0 aliphatic carbocycles. The van der Waals surface area contributed by atoms with E-state index >= 15 is 0 Å². The highest BCUT2D eigenvalue weighted by Crippen LogP contribution is 2.21. The second-order valence-electron chi connectivity index (χ2n) is 6.18. The number of hydrogen-bond donors (Lipinski definition) is 1. The van der Waals surface area contributed by atoms with Crippen LogP contribution in [-0.2, 0) is 11.2 Å². The SMILES string of the molecule is CNCC1CCCN1C(=O)CCc1nc(-c2ccc(OC)cc2)no1.Cl. The largest absolute Gasteiger partial charge is 0.497 e. The number of nitrogens with one attached hydrogen (secondary N) is 1. The molecule has 1 aromatic carbocycles. The Labute approximate surface area is 159 Å². The van der Waals surface area contributed by atoms with E-state index in [0.717, 1.165) is 37.2 Å². The second-order valence-corrected chi connectivity index (χ2v) is 6.18. The lowest BCUT2D eigenvalue weighted by Gasteiger charge is -2.24. The number of ether oxygens (including phenoxy) is 1. The summed E-state index contributed by atoms with van der Waals surface area (Å²) in [5.41, 5.74) is 0.857. The molecule has 1 N–H and O–H groups in total. The van der Waals surface area contributed by atoms with Gasteiger partial charge in [0.2, 0.25) is 17.6 Å². The van der Waals surface area contributed by atoms with Crippen LogP contribution in [0.15, 0.2) is 28.8 Å². The number of rotatable bonds is 7. The van der Waals surface area contributed by atoms with Crippen LogP contribution in [-0.4, -0.2) is 54.2 Å². The summed E-state index contributed by atoms with van der Waals surface area (Å²) in [6.45, 7) is 1.68. The number of carbonyl (C=O) groups is 1. The van der Waals surface area contributed by atoms with Crippen LogP contribution in [0.4, 0.5) is 0 Å². The molecule has 2 aromatic rings. The number of aromatic nitrogens is 2. The molecule has 0 saturated carbocycles. The van der Waals surface area contributed by atoms with Gasteiger partial charge in [-0.3, -0.25) is 4.79 Å². The van der Waals surface area contributed by atoms with Gasteiger partial charge in [-0.2, -0.15) is 4.98 Å². The molecule has 7 nitrogen and oxygen atoms in total. The predicted molar refractivity (Wildman–Crippen MR) is 101 cm³/mol. The Bertz CT molecular complexity index is 705. The van der Waals surface area contributed by atoms with Gasteiger partial charge in [-0.05, 0) is 44.2 Å². The molecule has 1 atom stereocenters. The van der Waals surface area contributed by atoms with Crippen LogP contribution in [0.5, 0.6) is 5.75 Å². The zero-order chi connectivity index (χ0) is 17.6. The molecule has 1 aliphatic heterocycles. The molecule has 0 radical (unpaired) electrons. The van der Waals surface area contributed by atoms with Crippen molar-refractivity contribution >= 4 is 18.3 Å². The van der Waals surface area contributed by atoms with Gasteiger partial charge in [0.05, 0.1) is 7.11 Å². The molecule has 1 aliphatic rings. The van der Waals surface area contributed by atoms with Crippen molar-refractivity contribution in [3.8, 4) is 17.1 Å². The van der Waals surface area contributed by atoms with Crippen LogP contribution in [0, 0.1) is 0 Å². The van der Waals surface area contributed by atoms with E-state index in [-0.39, 0.29) is 18.3 Å². The molecule has 142 valence electrons. The topological polar surface area (TPSA) is 80.5 Å². The van der Waals surface area contributed by atoms with Crippen molar-refractivity contribution in [1.82, 2.24) is 20.4 Å². The van der Waals surface area contributed by atoms with Crippen LogP contribution in [0.1, 0.15) is 25.2 Å². The first-order valence-electron chi connectivity index (χ1n) is 8.62. The Morgan fingerprint density at radius 3 is 2.85 bits per heavy atom. The quantitative estimate of drug-likeness (QED) is 0.793. The van der Waals surface area contributed by atoms with E-state index in [2.05, 4.69) is 15.5 Å². The van der Waals surface area contributed by atoms with E-state index in [1.807, 2.05) is 36.2 Å². The Morgan fingerprint density at radius 2 is 2.15 bits per heavy atom. The van der Waals surface area contributed by atoms with Crippen LogP contribution in [0.2, 0.25) is 0 Å². The standard InChI is InChI=1S/C18H24N4O3.ClH/c1-19-12-14-4-3-11-22(14)17(23)10-9-16-20-18(21-25-16)13-5-7-15(24-2)8-6-13;/h5-8,14,19H,3-4,9-12H2,1-2H3;1H. The highest BCUT2D eigenvalue weighted by Gasteiger charge is 2.27. The number of likely N-dealkylation sites (N-methyl/N-ethyl adjacent to an activating group) is 1. The van der Waals surface area contributed by atoms with E-state index in [4.69, 9.17) is 9.26 Å². The smallest absolute Gasteiger partial charge is 0.227 e. The van der Waals surface area contributed by atoms with Gasteiger partial charge in [-0.1, -0.05) is 5.16 Å². The van der Waals surface area contributed by atoms with Crippen molar-refractivity contribution in [2.24, 2.45) is 0 Å². The Morgan fingerprint density at radius 1 is 1.38 bits per heavy atom. The van der Waals surface area contributed by atoms with Crippen LogP contribution >= 0.6 is 12.4 Å². The Balaban J connectivity index is 0.00000243. The molecular weight excluding hydrogens is 356 g/mol. The van der Waals surface area contributed by atoms with Crippen molar-refractivity contribution < 1.29 is 14.1 Å². The summed E-state index contributed by atoms with van der Waals surface area (Å²) in [6, 6.07) is 7.76. The number of hydrogen-bond acceptors (Lipinski definition) is 6. The highest BCUT2D eigenvalue weighted by atomic mass is 35.5. The lowest BCUT2D eigenvalue weighted by atomic mass is 10.2. The molecule has 1 amide bonds. The lowest BCUT2D eigenvalue weighted by molar-refractivity contribution is -0.132. The molecule has 26 heavy (non-hydrogen) atoms. The number of amides is 1. The fourth-order valence-corrected chi connectivity index (χ4v) is 3.18. The average molecular weight is 381 g/mol. The van der Waals surface area contributed by atoms with Crippen molar-refractivity contribution in [2.45, 2.75) is 31.7 Å². The third-order valence-electron chi connectivity index (χ3n) is 4.51. The minimum atomic E-state index is 0. The Hall–Kier alpha value is -2.12. The minimum absolute atomic E-state index is 0. The first kappa shape index (κ1) is 20.2. The van der Waals surface area contributed by atoms with Gasteiger partial charge < -0.3 is 19.5 Å². The molecule has 3 rings (SSSR count). The van der Waals surface area contributed by atoms with Crippen molar-refractivity contribution in [3.05, 3.63) is 30.2 Å². The van der Waals surface area contributed by atoms with Gasteiger partial charge in [0.25, 0.3) is 0 Å². The number of carbonyl (C=O) groups excluding carboxylic acids is 1. The molecule has 0 bridgehead atoms. The van der Waals surface area contributed by atoms with Gasteiger partial charge in [-0.15, -0.1) is 12.4 Å². The maximum absolute atomic E-state index is 12.4. The molecular formula is C18H25ClN4O3. The van der Waals surface area contributed by atoms with Crippen LogP contribution in [0.25, 0.3) is 11.4 Å². The monoisotopic (exact) mass is 380 g/mol. The highest BCUT2D eigenvalue weighted by molar-refractivity contribution is 5.85. The summed E-state index contributed by atoms with van der Waals surface area (Å²) >= 11 is 0. The van der Waals surface area contributed by atoms with Crippen molar-refractivity contribution in [1.29, 1.82) is 0 Å². The first-order chi connectivity index (χ1) is 12.2. The van der Waals surface area contributed by atoms with E-state index in [1.54, 1.807) is 7.11 Å². The zero-order valence-electron chi connectivity index (χ0n) is 15.1. The predicted octanol–water partition coefficient (Wildman–Crippen LogP) is 2.31. The van der Waals surface area contributed by atoms with E-state index in [9.17, 15) is 4.79 Å². The van der Waals surface area contributed by atoms with E-state index < -0.39 is 0 Å². The van der Waals surface area contributed by atoms with E-state index in [0.29, 0.717) is 30.6 Å². The number of halogens is 1. The summed E-state index contributed by atoms with van der Waals surface area (Å²) in [7, 11) is 3.54. The number of nitrogens with zero attached hydrogens (tertiary/aromatic N) is 3. The molecule has 1 saturated heterocycles. The number of likely N-dealkylation sites (tertiary alicyclic amines) is 1. The Kier molecular flexibility index (Phi) is 7.41. The average Bonchev–Trinajstić information content (AvgIpc) is 3.30. The van der Waals surface area contributed by atoms with Gasteiger partial charge in [0.1, 0.15) is 5.75 Å². The lowest BCUT2D eigenvalue weighted by Crippen LogP contribution is -2.40. The van der Waals surface area contributed by atoms with Crippen molar-refractivity contribution in [2.75, 3.05) is 27.2 Å². The summed E-state index contributed by atoms with van der Waals surface area (Å²) in [6.07, 6.45) is 2.99. The molecule has 1 unspecified atom stereocenters. The third kappa shape index (κ3) is 4.74. The third-order valence-corrected chi connectivity index (χ3v) is 4.51. The molecule has 0 spiro atoms. The molecule has 2 heterocycles.